The molecule has 0 aromatic carbocycles. The zero-order chi connectivity index (χ0) is 14.6. The van der Waals surface area contributed by atoms with Crippen molar-refractivity contribution in [1.29, 1.82) is 0 Å². The SMILES string of the molecule is Nc1c(C(=O)O)ccnc1N(CCO)CC(F)(F)F. The van der Waals surface area contributed by atoms with Crippen LogP contribution in [0.2, 0.25) is 0 Å². The Morgan fingerprint density at radius 2 is 2.11 bits per heavy atom. The van der Waals surface area contributed by atoms with Crippen LogP contribution in [0, 0.1) is 0 Å². The zero-order valence-electron chi connectivity index (χ0n) is 9.68. The Hall–Kier alpha value is -2.03. The highest BCUT2D eigenvalue weighted by Crippen LogP contribution is 2.27. The number of nitrogens with two attached hydrogens (primary N) is 1. The van der Waals surface area contributed by atoms with Crippen molar-refractivity contribution in [3.63, 3.8) is 0 Å². The van der Waals surface area contributed by atoms with Crippen molar-refractivity contribution in [2.24, 2.45) is 0 Å². The molecule has 0 aliphatic rings. The summed E-state index contributed by atoms with van der Waals surface area (Å²) in [4.78, 5) is 15.2. The van der Waals surface area contributed by atoms with Crippen LogP contribution < -0.4 is 10.6 Å². The average Bonchev–Trinajstić information content (AvgIpc) is 2.26. The first-order valence-electron chi connectivity index (χ1n) is 5.16. The molecule has 0 fully saturated rings. The number of alkyl halides is 3. The molecule has 0 radical (unpaired) electrons. The standard InChI is InChI=1S/C10H12F3N3O3/c11-10(12,13)5-16(3-4-17)8-7(14)6(9(18)19)1-2-15-8/h1-2,17H,3-5,14H2,(H,18,19). The van der Waals surface area contributed by atoms with Crippen LogP contribution in [-0.2, 0) is 0 Å². The van der Waals surface area contributed by atoms with Crippen LogP contribution in [0.3, 0.4) is 0 Å². The van der Waals surface area contributed by atoms with Gasteiger partial charge in [0.1, 0.15) is 6.54 Å². The Morgan fingerprint density at radius 1 is 1.47 bits per heavy atom. The molecule has 0 atom stereocenters. The molecule has 0 bridgehead atoms. The molecule has 0 unspecified atom stereocenters. The van der Waals surface area contributed by atoms with E-state index in [1.54, 1.807) is 0 Å². The topological polar surface area (TPSA) is 99.7 Å². The van der Waals surface area contributed by atoms with E-state index in [9.17, 15) is 18.0 Å². The number of carboxylic acids is 1. The quantitative estimate of drug-likeness (QED) is 0.734. The molecule has 1 heterocycles. The lowest BCUT2D eigenvalue weighted by Gasteiger charge is -2.25. The van der Waals surface area contributed by atoms with Gasteiger partial charge in [0.2, 0.25) is 0 Å². The van der Waals surface area contributed by atoms with Gasteiger partial charge in [0.15, 0.2) is 5.82 Å². The van der Waals surface area contributed by atoms with Crippen LogP contribution in [0.1, 0.15) is 10.4 Å². The molecule has 6 nitrogen and oxygen atoms in total. The van der Waals surface area contributed by atoms with E-state index >= 15 is 0 Å². The summed E-state index contributed by atoms with van der Waals surface area (Å²) in [6.45, 7) is -2.29. The van der Waals surface area contributed by atoms with Crippen molar-refractivity contribution in [2.45, 2.75) is 6.18 Å². The van der Waals surface area contributed by atoms with Crippen molar-refractivity contribution in [2.75, 3.05) is 30.3 Å². The number of anilines is 2. The van der Waals surface area contributed by atoms with Gasteiger partial charge in [-0.05, 0) is 6.07 Å². The number of nitrogen functional groups attached to an aromatic ring is 1. The largest absolute Gasteiger partial charge is 0.478 e. The molecular weight excluding hydrogens is 267 g/mol. The molecule has 0 aliphatic carbocycles. The lowest BCUT2D eigenvalue weighted by atomic mass is 10.2. The third-order valence-electron chi connectivity index (χ3n) is 2.24. The molecule has 1 aromatic rings. The van der Waals surface area contributed by atoms with E-state index in [1.165, 1.54) is 0 Å². The van der Waals surface area contributed by atoms with Gasteiger partial charge in [0, 0.05) is 12.7 Å². The number of nitrogens with zero attached hydrogens (tertiary/aromatic N) is 2. The molecule has 1 rings (SSSR count). The first kappa shape index (κ1) is 15.0. The molecular formula is C10H12F3N3O3. The molecule has 0 spiro atoms. The van der Waals surface area contributed by atoms with E-state index in [2.05, 4.69) is 4.98 Å². The van der Waals surface area contributed by atoms with Gasteiger partial charge in [-0.3, -0.25) is 0 Å². The maximum atomic E-state index is 12.4. The molecule has 0 saturated heterocycles. The normalized spacial score (nSPS) is 11.4. The van der Waals surface area contributed by atoms with Gasteiger partial charge >= 0.3 is 12.1 Å². The molecule has 9 heteroatoms. The highest BCUT2D eigenvalue weighted by Gasteiger charge is 2.32. The summed E-state index contributed by atoms with van der Waals surface area (Å²) in [5.74, 6) is -1.68. The van der Waals surface area contributed by atoms with Gasteiger partial charge in [-0.2, -0.15) is 13.2 Å². The highest BCUT2D eigenvalue weighted by atomic mass is 19.4. The number of aliphatic hydroxyl groups excluding tert-OH is 1. The van der Waals surface area contributed by atoms with Crippen LogP contribution in [0.25, 0.3) is 0 Å². The second kappa shape index (κ2) is 5.74. The Bertz CT molecular complexity index is 465. The number of aliphatic hydroxyl groups is 1. The zero-order valence-corrected chi connectivity index (χ0v) is 9.68. The van der Waals surface area contributed by atoms with Crippen LogP contribution in [0.15, 0.2) is 12.3 Å². The summed E-state index contributed by atoms with van der Waals surface area (Å²) in [5.41, 5.74) is 4.79. The third-order valence-corrected chi connectivity index (χ3v) is 2.24. The maximum absolute atomic E-state index is 12.4. The number of halogens is 3. The molecule has 4 N–H and O–H groups in total. The van der Waals surface area contributed by atoms with Gasteiger partial charge in [-0.15, -0.1) is 0 Å². The Kier molecular flexibility index (Phi) is 4.54. The summed E-state index contributed by atoms with van der Waals surface area (Å²) >= 11 is 0. The van der Waals surface area contributed by atoms with Crippen molar-refractivity contribution in [3.8, 4) is 0 Å². The second-order valence-corrected chi connectivity index (χ2v) is 3.66. The minimum absolute atomic E-state index is 0.314. The number of aromatic nitrogens is 1. The van der Waals surface area contributed by atoms with Gasteiger partial charge in [0.25, 0.3) is 0 Å². The number of rotatable bonds is 5. The van der Waals surface area contributed by atoms with Crippen LogP contribution in [0.4, 0.5) is 24.7 Å². The molecule has 0 saturated carbocycles. The minimum Gasteiger partial charge on any atom is -0.478 e. The Labute approximate surface area is 106 Å². The van der Waals surface area contributed by atoms with Gasteiger partial charge < -0.3 is 20.8 Å². The molecule has 0 aliphatic heterocycles. The first-order chi connectivity index (χ1) is 8.76. The molecule has 1 aromatic heterocycles. The second-order valence-electron chi connectivity index (χ2n) is 3.66. The Balaban J connectivity index is 3.16. The van der Waals surface area contributed by atoms with E-state index in [0.717, 1.165) is 12.3 Å². The smallest absolute Gasteiger partial charge is 0.405 e. The van der Waals surface area contributed by atoms with E-state index in [-0.39, 0.29) is 23.6 Å². The van der Waals surface area contributed by atoms with Crippen molar-refractivity contribution in [3.05, 3.63) is 17.8 Å². The highest BCUT2D eigenvalue weighted by molar-refractivity contribution is 5.96. The van der Waals surface area contributed by atoms with Crippen molar-refractivity contribution >= 4 is 17.5 Å². The fourth-order valence-corrected chi connectivity index (χ4v) is 1.50. The van der Waals surface area contributed by atoms with Gasteiger partial charge in [-0.1, -0.05) is 0 Å². The molecule has 0 amide bonds. The molecule has 106 valence electrons. The lowest BCUT2D eigenvalue weighted by Crippen LogP contribution is -2.37. The third kappa shape index (κ3) is 3.98. The van der Waals surface area contributed by atoms with Gasteiger partial charge in [0.05, 0.1) is 17.9 Å². The predicted octanol–water partition coefficient (Wildman–Crippen LogP) is 0.723. The number of hydrogen-bond acceptors (Lipinski definition) is 5. The Morgan fingerprint density at radius 3 is 2.58 bits per heavy atom. The van der Waals surface area contributed by atoms with E-state index in [1.807, 2.05) is 0 Å². The first-order valence-corrected chi connectivity index (χ1v) is 5.16. The van der Waals surface area contributed by atoms with E-state index in [4.69, 9.17) is 15.9 Å². The number of carbonyl (C=O) groups is 1. The van der Waals surface area contributed by atoms with Crippen LogP contribution in [0.5, 0.6) is 0 Å². The summed E-state index contributed by atoms with van der Waals surface area (Å²) in [6.07, 6.45) is -3.47. The summed E-state index contributed by atoms with van der Waals surface area (Å²) < 4.78 is 37.2. The number of carboxylic acid groups (broad SMARTS) is 1. The lowest BCUT2D eigenvalue weighted by molar-refractivity contribution is -0.119. The summed E-state index contributed by atoms with van der Waals surface area (Å²) in [5, 5.41) is 17.6. The number of aromatic carboxylic acids is 1. The van der Waals surface area contributed by atoms with Crippen molar-refractivity contribution < 1.29 is 28.2 Å². The van der Waals surface area contributed by atoms with E-state index in [0.29, 0.717) is 4.90 Å². The molecule has 19 heavy (non-hydrogen) atoms. The summed E-state index contributed by atoms with van der Waals surface area (Å²) in [7, 11) is 0. The van der Waals surface area contributed by atoms with Crippen molar-refractivity contribution in [1.82, 2.24) is 4.98 Å². The number of hydrogen-bond donors (Lipinski definition) is 3. The van der Waals surface area contributed by atoms with E-state index < -0.39 is 25.3 Å². The average molecular weight is 279 g/mol. The summed E-state index contributed by atoms with van der Waals surface area (Å²) in [6, 6.07) is 1.09. The van der Waals surface area contributed by atoms with Gasteiger partial charge in [-0.25, -0.2) is 9.78 Å². The maximum Gasteiger partial charge on any atom is 0.405 e. The van der Waals surface area contributed by atoms with Crippen LogP contribution >= 0.6 is 0 Å². The van der Waals surface area contributed by atoms with Crippen LogP contribution in [-0.4, -0.2) is 47.0 Å². The fraction of sp³-hybridized carbons (Fsp3) is 0.400. The number of pyridine rings is 1. The fourth-order valence-electron chi connectivity index (χ4n) is 1.50. The predicted molar refractivity (Wildman–Crippen MR) is 61.0 cm³/mol. The monoisotopic (exact) mass is 279 g/mol. The minimum atomic E-state index is -4.53.